The predicted molar refractivity (Wildman–Crippen MR) is 64.6 cm³/mol. The Kier molecular flexibility index (Phi) is 2.22. The van der Waals surface area contributed by atoms with Gasteiger partial charge in [-0.15, -0.1) is 0 Å². The van der Waals surface area contributed by atoms with Crippen molar-refractivity contribution in [2.24, 2.45) is 0 Å². The molecule has 0 saturated heterocycles. The number of pyridine rings is 2. The molecule has 5 nitrogen and oxygen atoms in total. The summed E-state index contributed by atoms with van der Waals surface area (Å²) >= 11 is 0. The average Bonchev–Trinajstić information content (AvgIpc) is 2.39. The Morgan fingerprint density at radius 2 is 2.00 bits per heavy atom. The van der Waals surface area contributed by atoms with Crippen LogP contribution in [0.2, 0.25) is 0 Å². The number of hydrogen-bond donors (Lipinski definition) is 2. The number of carbonyl (C=O) groups excluding carboxylic acids is 1. The van der Waals surface area contributed by atoms with E-state index in [1.807, 2.05) is 18.2 Å². The number of anilines is 2. The van der Waals surface area contributed by atoms with E-state index in [-0.39, 0.29) is 12.5 Å². The Morgan fingerprint density at radius 1 is 1.18 bits per heavy atom. The van der Waals surface area contributed by atoms with Crippen LogP contribution in [0.25, 0.3) is 11.1 Å². The first-order valence-electron chi connectivity index (χ1n) is 5.27. The lowest BCUT2D eigenvalue weighted by atomic mass is 10.1. The Labute approximate surface area is 97.9 Å². The van der Waals surface area contributed by atoms with E-state index in [2.05, 4.69) is 20.6 Å². The van der Waals surface area contributed by atoms with Crippen molar-refractivity contribution in [1.82, 2.24) is 9.97 Å². The molecule has 1 aliphatic rings. The number of aromatic nitrogens is 2. The topological polar surface area (TPSA) is 66.9 Å². The average molecular weight is 226 g/mol. The van der Waals surface area contributed by atoms with Crippen LogP contribution in [0.3, 0.4) is 0 Å². The van der Waals surface area contributed by atoms with Gasteiger partial charge in [0.2, 0.25) is 5.91 Å². The molecule has 0 unspecified atom stereocenters. The summed E-state index contributed by atoms with van der Waals surface area (Å²) < 4.78 is 0. The molecule has 2 aromatic rings. The summed E-state index contributed by atoms with van der Waals surface area (Å²) in [7, 11) is 0. The first kappa shape index (κ1) is 9.77. The van der Waals surface area contributed by atoms with Gasteiger partial charge in [0.1, 0.15) is 0 Å². The van der Waals surface area contributed by atoms with E-state index in [0.717, 1.165) is 16.8 Å². The molecule has 2 N–H and O–H groups in total. The maximum absolute atomic E-state index is 11.2. The Balaban J connectivity index is 2.02. The second-order valence-electron chi connectivity index (χ2n) is 3.76. The minimum Gasteiger partial charge on any atom is -0.373 e. The highest BCUT2D eigenvalue weighted by Crippen LogP contribution is 2.27. The molecule has 0 atom stereocenters. The maximum Gasteiger partial charge on any atom is 0.244 e. The molecule has 3 rings (SSSR count). The maximum atomic E-state index is 11.2. The Bertz CT molecular complexity index is 568. The smallest absolute Gasteiger partial charge is 0.244 e. The van der Waals surface area contributed by atoms with Gasteiger partial charge in [0.15, 0.2) is 5.82 Å². The van der Waals surface area contributed by atoms with Crippen molar-refractivity contribution in [1.29, 1.82) is 0 Å². The SMILES string of the molecule is O=C1CNc2cc(-c3ccncc3)cnc2N1. The lowest BCUT2D eigenvalue weighted by Gasteiger charge is -2.18. The molecule has 5 heteroatoms. The van der Waals surface area contributed by atoms with Crippen molar-refractivity contribution >= 4 is 17.4 Å². The molecule has 0 saturated carbocycles. The molecule has 1 aliphatic heterocycles. The van der Waals surface area contributed by atoms with Crippen LogP contribution >= 0.6 is 0 Å². The molecule has 0 aromatic carbocycles. The molecule has 0 spiro atoms. The summed E-state index contributed by atoms with van der Waals surface area (Å²) in [6, 6.07) is 5.81. The van der Waals surface area contributed by atoms with Crippen LogP contribution in [-0.2, 0) is 4.79 Å². The number of nitrogens with zero attached hydrogens (tertiary/aromatic N) is 2. The number of carbonyl (C=O) groups is 1. The molecule has 0 aliphatic carbocycles. The normalized spacial score (nSPS) is 13.5. The first-order valence-corrected chi connectivity index (χ1v) is 5.27. The van der Waals surface area contributed by atoms with Gasteiger partial charge in [-0.3, -0.25) is 9.78 Å². The Hall–Kier alpha value is -2.43. The zero-order valence-corrected chi connectivity index (χ0v) is 8.97. The third-order valence-corrected chi connectivity index (χ3v) is 2.60. The van der Waals surface area contributed by atoms with Gasteiger partial charge in [-0.25, -0.2) is 4.98 Å². The van der Waals surface area contributed by atoms with E-state index in [4.69, 9.17) is 0 Å². The van der Waals surface area contributed by atoms with Crippen LogP contribution in [0.1, 0.15) is 0 Å². The minimum absolute atomic E-state index is 0.0679. The fourth-order valence-corrected chi connectivity index (χ4v) is 1.75. The number of nitrogens with one attached hydrogen (secondary N) is 2. The summed E-state index contributed by atoms with van der Waals surface area (Å²) in [5.41, 5.74) is 2.89. The summed E-state index contributed by atoms with van der Waals surface area (Å²) in [6.45, 7) is 0.286. The van der Waals surface area contributed by atoms with Crippen molar-refractivity contribution in [2.45, 2.75) is 0 Å². The van der Waals surface area contributed by atoms with Gasteiger partial charge in [0, 0.05) is 24.2 Å². The second kappa shape index (κ2) is 3.86. The molecular formula is C12H10N4O. The molecule has 2 aromatic heterocycles. The molecule has 17 heavy (non-hydrogen) atoms. The van der Waals surface area contributed by atoms with E-state index < -0.39 is 0 Å². The predicted octanol–water partition coefficient (Wildman–Crippen LogP) is 1.51. The summed E-state index contributed by atoms with van der Waals surface area (Å²) in [4.78, 5) is 19.4. The van der Waals surface area contributed by atoms with E-state index in [9.17, 15) is 4.79 Å². The van der Waals surface area contributed by atoms with Crippen molar-refractivity contribution in [2.75, 3.05) is 17.2 Å². The largest absolute Gasteiger partial charge is 0.373 e. The molecular weight excluding hydrogens is 216 g/mol. The monoisotopic (exact) mass is 226 g/mol. The van der Waals surface area contributed by atoms with Crippen LogP contribution in [0.5, 0.6) is 0 Å². The highest BCUT2D eigenvalue weighted by Gasteiger charge is 2.15. The number of hydrogen-bond acceptors (Lipinski definition) is 4. The zero-order chi connectivity index (χ0) is 11.7. The quantitative estimate of drug-likeness (QED) is 0.773. The van der Waals surface area contributed by atoms with Crippen molar-refractivity contribution in [3.8, 4) is 11.1 Å². The van der Waals surface area contributed by atoms with Gasteiger partial charge in [0.05, 0.1) is 12.2 Å². The van der Waals surface area contributed by atoms with Crippen molar-refractivity contribution < 1.29 is 4.79 Å². The van der Waals surface area contributed by atoms with E-state index in [1.54, 1.807) is 18.6 Å². The van der Waals surface area contributed by atoms with Crippen LogP contribution in [-0.4, -0.2) is 22.4 Å². The van der Waals surface area contributed by atoms with Gasteiger partial charge >= 0.3 is 0 Å². The van der Waals surface area contributed by atoms with Gasteiger partial charge in [-0.1, -0.05) is 0 Å². The molecule has 0 fully saturated rings. The lowest BCUT2D eigenvalue weighted by Crippen LogP contribution is -2.28. The Morgan fingerprint density at radius 3 is 2.82 bits per heavy atom. The third-order valence-electron chi connectivity index (χ3n) is 2.60. The van der Waals surface area contributed by atoms with Gasteiger partial charge in [-0.2, -0.15) is 0 Å². The van der Waals surface area contributed by atoms with E-state index in [1.165, 1.54) is 0 Å². The number of fused-ring (bicyclic) bond motifs is 1. The number of amides is 1. The van der Waals surface area contributed by atoms with Crippen LogP contribution in [0.15, 0.2) is 36.8 Å². The zero-order valence-electron chi connectivity index (χ0n) is 8.97. The fourth-order valence-electron chi connectivity index (χ4n) is 1.75. The first-order chi connectivity index (χ1) is 8.33. The highest BCUT2D eigenvalue weighted by atomic mass is 16.2. The molecule has 0 radical (unpaired) electrons. The fraction of sp³-hybridized carbons (Fsp3) is 0.0833. The van der Waals surface area contributed by atoms with Gasteiger partial charge < -0.3 is 10.6 Å². The number of rotatable bonds is 1. The van der Waals surface area contributed by atoms with Crippen LogP contribution in [0, 0.1) is 0 Å². The standard InChI is InChI=1S/C12H10N4O/c17-11-7-14-10-5-9(6-15-12(10)16-11)8-1-3-13-4-2-8/h1-6,14H,7H2,(H,15,16,17). The summed E-state index contributed by atoms with van der Waals surface area (Å²) in [5.74, 6) is 0.515. The molecule has 0 bridgehead atoms. The molecule has 1 amide bonds. The summed E-state index contributed by atoms with van der Waals surface area (Å²) in [5, 5.41) is 5.75. The molecule has 3 heterocycles. The van der Waals surface area contributed by atoms with Gasteiger partial charge in [0.25, 0.3) is 0 Å². The van der Waals surface area contributed by atoms with Crippen LogP contribution < -0.4 is 10.6 Å². The minimum atomic E-state index is -0.0679. The van der Waals surface area contributed by atoms with E-state index in [0.29, 0.717) is 5.82 Å². The molecule has 84 valence electrons. The van der Waals surface area contributed by atoms with Crippen molar-refractivity contribution in [3.05, 3.63) is 36.8 Å². The third kappa shape index (κ3) is 1.82. The van der Waals surface area contributed by atoms with Gasteiger partial charge in [-0.05, 0) is 23.8 Å². The second-order valence-corrected chi connectivity index (χ2v) is 3.76. The van der Waals surface area contributed by atoms with Crippen LogP contribution in [0.4, 0.5) is 11.5 Å². The van der Waals surface area contributed by atoms with E-state index >= 15 is 0 Å². The lowest BCUT2D eigenvalue weighted by molar-refractivity contribution is -0.114. The summed E-state index contributed by atoms with van der Waals surface area (Å²) in [6.07, 6.45) is 5.22. The van der Waals surface area contributed by atoms with Crippen molar-refractivity contribution in [3.63, 3.8) is 0 Å². The highest BCUT2D eigenvalue weighted by molar-refractivity contribution is 5.99.